The van der Waals surface area contributed by atoms with Gasteiger partial charge in [0.1, 0.15) is 0 Å². The molecule has 2 aromatic rings. The van der Waals surface area contributed by atoms with Crippen LogP contribution < -0.4 is 5.32 Å². The topological polar surface area (TPSA) is 55.6 Å². The molecule has 0 saturated carbocycles. The van der Waals surface area contributed by atoms with E-state index < -0.39 is 0 Å². The Kier molecular flexibility index (Phi) is 4.49. The van der Waals surface area contributed by atoms with Gasteiger partial charge in [-0.3, -0.25) is 0 Å². The van der Waals surface area contributed by atoms with Crippen LogP contribution in [0.25, 0.3) is 5.95 Å². The zero-order chi connectivity index (χ0) is 14.7. The molecule has 2 aromatic heterocycles. The summed E-state index contributed by atoms with van der Waals surface area (Å²) in [4.78, 5) is 9.06. The van der Waals surface area contributed by atoms with Crippen LogP contribution in [0, 0.1) is 13.8 Å². The smallest absolute Gasteiger partial charge is 0.251 e. The summed E-state index contributed by atoms with van der Waals surface area (Å²) in [5.41, 5.74) is 5.54. The summed E-state index contributed by atoms with van der Waals surface area (Å²) in [6, 6.07) is 1.98. The third kappa shape index (κ3) is 2.72. The highest BCUT2D eigenvalue weighted by molar-refractivity contribution is 5.32. The summed E-state index contributed by atoms with van der Waals surface area (Å²) in [7, 11) is 1.96. The first-order valence-electron chi connectivity index (χ1n) is 7.17. The van der Waals surface area contributed by atoms with Crippen molar-refractivity contribution in [1.82, 2.24) is 25.1 Å². The number of rotatable bonds is 5. The predicted octanol–water partition coefficient (Wildman–Crippen LogP) is 2.12. The van der Waals surface area contributed by atoms with Crippen molar-refractivity contribution >= 4 is 0 Å². The maximum absolute atomic E-state index is 4.72. The van der Waals surface area contributed by atoms with Crippen LogP contribution in [0.5, 0.6) is 0 Å². The van der Waals surface area contributed by atoms with E-state index in [1.807, 2.05) is 31.6 Å². The second kappa shape index (κ2) is 6.13. The Morgan fingerprint density at radius 2 is 1.75 bits per heavy atom. The van der Waals surface area contributed by atoms with Gasteiger partial charge in [0.25, 0.3) is 5.95 Å². The molecule has 0 aliphatic carbocycles. The van der Waals surface area contributed by atoms with Gasteiger partial charge < -0.3 is 5.32 Å². The van der Waals surface area contributed by atoms with Gasteiger partial charge in [-0.25, -0.2) is 14.6 Å². The number of hydrogen-bond donors (Lipinski definition) is 1. The maximum Gasteiger partial charge on any atom is 0.251 e. The van der Waals surface area contributed by atoms with Gasteiger partial charge in [0.2, 0.25) is 0 Å². The number of aromatic nitrogens is 4. The molecule has 20 heavy (non-hydrogen) atoms. The van der Waals surface area contributed by atoms with Crippen LogP contribution in [0.1, 0.15) is 42.2 Å². The molecule has 2 rings (SSSR count). The number of hydrogen-bond acceptors (Lipinski definition) is 4. The summed E-state index contributed by atoms with van der Waals surface area (Å²) in [6.45, 7) is 9.09. The summed E-state index contributed by atoms with van der Waals surface area (Å²) in [6.07, 6.45) is 1.84. The summed E-state index contributed by atoms with van der Waals surface area (Å²) in [5, 5.41) is 7.95. The molecule has 0 spiro atoms. The van der Waals surface area contributed by atoms with E-state index >= 15 is 0 Å². The van der Waals surface area contributed by atoms with Crippen molar-refractivity contribution in [2.45, 2.75) is 47.1 Å². The highest BCUT2D eigenvalue weighted by Crippen LogP contribution is 2.19. The lowest BCUT2D eigenvalue weighted by Crippen LogP contribution is -2.11. The van der Waals surface area contributed by atoms with Gasteiger partial charge in [0.15, 0.2) is 0 Å². The Hall–Kier alpha value is -1.75. The van der Waals surface area contributed by atoms with Crippen LogP contribution in [0.15, 0.2) is 6.07 Å². The number of nitrogens with zero attached hydrogens (tertiary/aromatic N) is 4. The van der Waals surface area contributed by atoms with Crippen LogP contribution in [-0.2, 0) is 19.4 Å². The van der Waals surface area contributed by atoms with Crippen molar-refractivity contribution in [2.75, 3.05) is 7.05 Å². The van der Waals surface area contributed by atoms with E-state index in [4.69, 9.17) is 5.10 Å². The van der Waals surface area contributed by atoms with Gasteiger partial charge in [-0.15, -0.1) is 0 Å². The highest BCUT2D eigenvalue weighted by atomic mass is 15.4. The van der Waals surface area contributed by atoms with Crippen molar-refractivity contribution in [2.24, 2.45) is 0 Å². The van der Waals surface area contributed by atoms with Crippen molar-refractivity contribution in [3.8, 4) is 5.95 Å². The fraction of sp³-hybridized carbons (Fsp3) is 0.533. The lowest BCUT2D eigenvalue weighted by molar-refractivity contribution is 0.733. The molecule has 0 radical (unpaired) electrons. The molecule has 2 heterocycles. The molecule has 5 nitrogen and oxygen atoms in total. The monoisotopic (exact) mass is 273 g/mol. The fourth-order valence-corrected chi connectivity index (χ4v) is 2.53. The SMILES string of the molecule is CCc1nn(-c2nc(C)cc(C)n2)c(CC)c1CNC. The van der Waals surface area contributed by atoms with Crippen molar-refractivity contribution < 1.29 is 0 Å². The fourth-order valence-electron chi connectivity index (χ4n) is 2.53. The minimum Gasteiger partial charge on any atom is -0.316 e. The molecular weight excluding hydrogens is 250 g/mol. The first-order chi connectivity index (χ1) is 9.60. The van der Waals surface area contributed by atoms with Crippen LogP contribution in [0.4, 0.5) is 0 Å². The minimum atomic E-state index is 0.677. The van der Waals surface area contributed by atoms with Gasteiger partial charge in [0.05, 0.1) is 11.4 Å². The second-order valence-corrected chi connectivity index (χ2v) is 4.97. The third-order valence-corrected chi connectivity index (χ3v) is 3.36. The molecule has 0 amide bonds. The largest absolute Gasteiger partial charge is 0.316 e. The molecule has 0 aliphatic heterocycles. The predicted molar refractivity (Wildman–Crippen MR) is 80.1 cm³/mol. The first-order valence-corrected chi connectivity index (χ1v) is 7.17. The van der Waals surface area contributed by atoms with E-state index in [1.165, 1.54) is 11.3 Å². The molecule has 0 fully saturated rings. The summed E-state index contributed by atoms with van der Waals surface area (Å²) >= 11 is 0. The second-order valence-electron chi connectivity index (χ2n) is 4.97. The third-order valence-electron chi connectivity index (χ3n) is 3.36. The molecule has 1 N–H and O–H groups in total. The molecule has 0 saturated heterocycles. The van der Waals surface area contributed by atoms with Gasteiger partial charge in [-0.05, 0) is 39.8 Å². The average Bonchev–Trinajstić information content (AvgIpc) is 2.76. The molecular formula is C15H23N5. The van der Waals surface area contributed by atoms with E-state index in [2.05, 4.69) is 29.1 Å². The van der Waals surface area contributed by atoms with E-state index in [0.717, 1.165) is 36.5 Å². The zero-order valence-corrected chi connectivity index (χ0v) is 13.0. The molecule has 0 unspecified atom stereocenters. The molecule has 0 bridgehead atoms. The Labute approximate surface area is 120 Å². The molecule has 0 aromatic carbocycles. The average molecular weight is 273 g/mol. The van der Waals surface area contributed by atoms with Crippen LogP contribution >= 0.6 is 0 Å². The Morgan fingerprint density at radius 1 is 1.10 bits per heavy atom. The highest BCUT2D eigenvalue weighted by Gasteiger charge is 2.17. The Bertz CT molecular complexity index is 580. The van der Waals surface area contributed by atoms with Gasteiger partial charge in [-0.1, -0.05) is 13.8 Å². The van der Waals surface area contributed by atoms with Crippen LogP contribution in [0.3, 0.4) is 0 Å². The molecule has 0 atom stereocenters. The molecule has 108 valence electrons. The Balaban J connectivity index is 2.60. The van der Waals surface area contributed by atoms with E-state index in [-0.39, 0.29) is 0 Å². The summed E-state index contributed by atoms with van der Waals surface area (Å²) in [5.74, 6) is 0.677. The van der Waals surface area contributed by atoms with Crippen molar-refractivity contribution in [3.63, 3.8) is 0 Å². The zero-order valence-electron chi connectivity index (χ0n) is 13.0. The van der Waals surface area contributed by atoms with E-state index in [0.29, 0.717) is 5.95 Å². The van der Waals surface area contributed by atoms with Crippen molar-refractivity contribution in [3.05, 3.63) is 34.4 Å². The number of aryl methyl sites for hydroxylation is 3. The normalized spacial score (nSPS) is 11.1. The molecule has 5 heteroatoms. The van der Waals surface area contributed by atoms with E-state index in [1.54, 1.807) is 0 Å². The lowest BCUT2D eigenvalue weighted by Gasteiger charge is -2.07. The van der Waals surface area contributed by atoms with Gasteiger partial charge in [-0.2, -0.15) is 5.10 Å². The molecule has 0 aliphatic rings. The summed E-state index contributed by atoms with van der Waals surface area (Å²) < 4.78 is 1.91. The lowest BCUT2D eigenvalue weighted by atomic mass is 10.1. The van der Waals surface area contributed by atoms with Crippen molar-refractivity contribution in [1.29, 1.82) is 0 Å². The van der Waals surface area contributed by atoms with Gasteiger partial charge in [0, 0.05) is 23.5 Å². The maximum atomic E-state index is 4.72. The quantitative estimate of drug-likeness (QED) is 0.906. The standard InChI is InChI=1S/C15H23N5/c1-6-13-12(9-16-5)14(7-2)20(19-13)15-17-10(3)8-11(4)18-15/h8,16H,6-7,9H2,1-5H3. The van der Waals surface area contributed by atoms with Crippen LogP contribution in [0.2, 0.25) is 0 Å². The number of nitrogens with one attached hydrogen (secondary N) is 1. The van der Waals surface area contributed by atoms with E-state index in [9.17, 15) is 0 Å². The first kappa shape index (κ1) is 14.7. The Morgan fingerprint density at radius 3 is 2.25 bits per heavy atom. The van der Waals surface area contributed by atoms with Crippen LogP contribution in [-0.4, -0.2) is 26.8 Å². The minimum absolute atomic E-state index is 0.677. The van der Waals surface area contributed by atoms with Gasteiger partial charge >= 0.3 is 0 Å².